The summed E-state index contributed by atoms with van der Waals surface area (Å²) < 4.78 is 5.95. The first kappa shape index (κ1) is 12.7. The summed E-state index contributed by atoms with van der Waals surface area (Å²) in [5.74, 6) is 0.867. The van der Waals surface area contributed by atoms with Crippen LogP contribution in [-0.2, 0) is 0 Å². The summed E-state index contributed by atoms with van der Waals surface area (Å²) in [6, 6.07) is 16.3. The van der Waals surface area contributed by atoms with Crippen molar-refractivity contribution in [1.29, 1.82) is 0 Å². The molecule has 2 rings (SSSR count). The van der Waals surface area contributed by atoms with Gasteiger partial charge in [0.05, 0.1) is 0 Å². The lowest BCUT2D eigenvalue weighted by atomic mass is 10.1. The Morgan fingerprint density at radius 2 is 1.72 bits per heavy atom. The molecule has 0 spiro atoms. The summed E-state index contributed by atoms with van der Waals surface area (Å²) >= 11 is 0. The molecule has 0 bridgehead atoms. The van der Waals surface area contributed by atoms with E-state index in [2.05, 4.69) is 44.2 Å². The van der Waals surface area contributed by atoms with Gasteiger partial charge in [-0.2, -0.15) is 0 Å². The zero-order valence-corrected chi connectivity index (χ0v) is 10.9. The average Bonchev–Trinajstić information content (AvgIpc) is 2.37. The highest BCUT2D eigenvalue weighted by Gasteiger charge is 2.11. The molecule has 0 saturated carbocycles. The zero-order valence-electron chi connectivity index (χ0n) is 10.9. The maximum atomic E-state index is 5.95. The molecule has 0 amide bonds. The topological polar surface area (TPSA) is 35.2 Å². The molecular weight excluding hydrogens is 222 g/mol. The van der Waals surface area contributed by atoms with Gasteiger partial charge in [-0.3, -0.25) is 0 Å². The van der Waals surface area contributed by atoms with E-state index in [1.54, 1.807) is 0 Å². The van der Waals surface area contributed by atoms with E-state index in [1.165, 1.54) is 11.1 Å². The van der Waals surface area contributed by atoms with Crippen LogP contribution in [-0.4, -0.2) is 6.54 Å². The van der Waals surface area contributed by atoms with Gasteiger partial charge in [-0.05, 0) is 37.1 Å². The molecule has 0 heterocycles. The molecule has 0 aliphatic carbocycles. The monoisotopic (exact) mass is 241 g/mol. The van der Waals surface area contributed by atoms with Crippen molar-refractivity contribution < 1.29 is 4.74 Å². The molecule has 2 N–H and O–H groups in total. The zero-order chi connectivity index (χ0) is 13.0. The quantitative estimate of drug-likeness (QED) is 0.890. The lowest BCUT2D eigenvalue weighted by Crippen LogP contribution is -2.18. The maximum Gasteiger partial charge on any atom is 0.136 e. The van der Waals surface area contributed by atoms with Crippen LogP contribution in [0.1, 0.15) is 22.8 Å². The Hall–Kier alpha value is -1.80. The number of aryl methyl sites for hydroxylation is 2. The predicted molar refractivity (Wildman–Crippen MR) is 74.8 cm³/mol. The van der Waals surface area contributed by atoms with Crippen molar-refractivity contribution in [3.05, 3.63) is 65.2 Å². The number of rotatable bonds is 4. The van der Waals surface area contributed by atoms with Gasteiger partial charge in [0.15, 0.2) is 0 Å². The predicted octanol–water partition coefficient (Wildman–Crippen LogP) is 3.38. The van der Waals surface area contributed by atoms with Gasteiger partial charge in [0, 0.05) is 6.54 Å². The molecule has 0 aliphatic rings. The molecule has 0 fully saturated rings. The Bertz CT molecular complexity index is 505. The van der Waals surface area contributed by atoms with Gasteiger partial charge in [0.2, 0.25) is 0 Å². The smallest absolute Gasteiger partial charge is 0.136 e. The van der Waals surface area contributed by atoms with E-state index in [-0.39, 0.29) is 6.10 Å². The summed E-state index contributed by atoms with van der Waals surface area (Å²) in [6.45, 7) is 4.59. The van der Waals surface area contributed by atoms with Crippen molar-refractivity contribution in [2.24, 2.45) is 5.73 Å². The molecule has 94 valence electrons. The lowest BCUT2D eigenvalue weighted by Gasteiger charge is -2.18. The molecule has 2 nitrogen and oxygen atoms in total. The fourth-order valence-electron chi connectivity index (χ4n) is 1.89. The van der Waals surface area contributed by atoms with Crippen molar-refractivity contribution in [2.45, 2.75) is 20.0 Å². The van der Waals surface area contributed by atoms with E-state index in [1.807, 2.05) is 18.2 Å². The van der Waals surface area contributed by atoms with Gasteiger partial charge in [-0.1, -0.05) is 42.0 Å². The van der Waals surface area contributed by atoms with Gasteiger partial charge in [0.25, 0.3) is 0 Å². The normalized spacial score (nSPS) is 12.2. The SMILES string of the molecule is Cc1ccc(C(CN)Oc2cccc(C)c2)cc1. The molecule has 0 aromatic heterocycles. The van der Waals surface area contributed by atoms with E-state index in [4.69, 9.17) is 10.5 Å². The third-order valence-electron chi connectivity index (χ3n) is 2.93. The summed E-state index contributed by atoms with van der Waals surface area (Å²) in [5.41, 5.74) is 9.35. The van der Waals surface area contributed by atoms with Crippen LogP contribution < -0.4 is 10.5 Å². The first-order valence-electron chi connectivity index (χ1n) is 6.19. The Balaban J connectivity index is 2.17. The standard InChI is InChI=1S/C16H19NO/c1-12-6-8-14(9-7-12)16(11-17)18-15-5-3-4-13(2)10-15/h3-10,16H,11,17H2,1-2H3. The molecule has 18 heavy (non-hydrogen) atoms. The first-order chi connectivity index (χ1) is 8.69. The molecule has 0 radical (unpaired) electrons. The van der Waals surface area contributed by atoms with Crippen LogP contribution in [0.15, 0.2) is 48.5 Å². The second kappa shape index (κ2) is 5.69. The van der Waals surface area contributed by atoms with Gasteiger partial charge in [-0.15, -0.1) is 0 Å². The van der Waals surface area contributed by atoms with Crippen molar-refractivity contribution in [3.8, 4) is 5.75 Å². The van der Waals surface area contributed by atoms with E-state index < -0.39 is 0 Å². The van der Waals surface area contributed by atoms with E-state index in [0.29, 0.717) is 6.54 Å². The highest BCUT2D eigenvalue weighted by molar-refractivity contribution is 5.29. The van der Waals surface area contributed by atoms with Crippen LogP contribution in [0.5, 0.6) is 5.75 Å². The average molecular weight is 241 g/mol. The molecule has 0 aliphatic heterocycles. The molecule has 1 atom stereocenters. The third-order valence-corrected chi connectivity index (χ3v) is 2.93. The third kappa shape index (κ3) is 3.11. The summed E-state index contributed by atoms with van der Waals surface area (Å²) in [5, 5.41) is 0. The van der Waals surface area contributed by atoms with Crippen LogP contribution >= 0.6 is 0 Å². The molecule has 0 saturated heterocycles. The second-order valence-electron chi connectivity index (χ2n) is 4.57. The summed E-state index contributed by atoms with van der Waals surface area (Å²) in [6.07, 6.45) is -0.0904. The van der Waals surface area contributed by atoms with Gasteiger partial charge in [-0.25, -0.2) is 0 Å². The molecule has 2 aromatic rings. The Kier molecular flexibility index (Phi) is 4.00. The molecule has 2 aromatic carbocycles. The van der Waals surface area contributed by atoms with Crippen LogP contribution in [0.2, 0.25) is 0 Å². The Morgan fingerprint density at radius 1 is 1.00 bits per heavy atom. The van der Waals surface area contributed by atoms with Crippen molar-refractivity contribution in [1.82, 2.24) is 0 Å². The minimum Gasteiger partial charge on any atom is -0.484 e. The largest absolute Gasteiger partial charge is 0.484 e. The van der Waals surface area contributed by atoms with Crippen LogP contribution in [0.4, 0.5) is 0 Å². The van der Waals surface area contributed by atoms with E-state index in [0.717, 1.165) is 11.3 Å². The number of hydrogen-bond acceptors (Lipinski definition) is 2. The van der Waals surface area contributed by atoms with Crippen molar-refractivity contribution in [2.75, 3.05) is 6.54 Å². The minimum atomic E-state index is -0.0904. The number of benzene rings is 2. The number of nitrogens with two attached hydrogens (primary N) is 1. The minimum absolute atomic E-state index is 0.0904. The Labute approximate surface area is 108 Å². The van der Waals surface area contributed by atoms with Crippen molar-refractivity contribution in [3.63, 3.8) is 0 Å². The van der Waals surface area contributed by atoms with E-state index in [9.17, 15) is 0 Å². The highest BCUT2D eigenvalue weighted by atomic mass is 16.5. The van der Waals surface area contributed by atoms with Gasteiger partial charge >= 0.3 is 0 Å². The maximum absolute atomic E-state index is 5.95. The Morgan fingerprint density at radius 3 is 2.33 bits per heavy atom. The molecule has 1 unspecified atom stereocenters. The highest BCUT2D eigenvalue weighted by Crippen LogP contribution is 2.22. The first-order valence-corrected chi connectivity index (χ1v) is 6.19. The number of hydrogen-bond donors (Lipinski definition) is 1. The van der Waals surface area contributed by atoms with Gasteiger partial charge < -0.3 is 10.5 Å². The lowest BCUT2D eigenvalue weighted by molar-refractivity contribution is 0.214. The number of ether oxygens (including phenoxy) is 1. The molecule has 2 heteroatoms. The van der Waals surface area contributed by atoms with Gasteiger partial charge in [0.1, 0.15) is 11.9 Å². The van der Waals surface area contributed by atoms with Crippen molar-refractivity contribution >= 4 is 0 Å². The summed E-state index contributed by atoms with van der Waals surface area (Å²) in [7, 11) is 0. The van der Waals surface area contributed by atoms with Crippen LogP contribution in [0.25, 0.3) is 0 Å². The fourth-order valence-corrected chi connectivity index (χ4v) is 1.89. The summed E-state index contributed by atoms with van der Waals surface area (Å²) in [4.78, 5) is 0. The second-order valence-corrected chi connectivity index (χ2v) is 4.57. The molecular formula is C16H19NO. The van der Waals surface area contributed by atoms with E-state index >= 15 is 0 Å². The fraction of sp³-hybridized carbons (Fsp3) is 0.250. The van der Waals surface area contributed by atoms with Crippen LogP contribution in [0.3, 0.4) is 0 Å². The van der Waals surface area contributed by atoms with Crippen LogP contribution in [0, 0.1) is 13.8 Å².